The van der Waals surface area contributed by atoms with E-state index in [-0.39, 0.29) is 20.1 Å². The number of pyridine rings is 2. The van der Waals surface area contributed by atoms with Gasteiger partial charge in [0.15, 0.2) is 0 Å². The van der Waals surface area contributed by atoms with Gasteiger partial charge in [-0.05, 0) is 60.5 Å². The van der Waals surface area contributed by atoms with Gasteiger partial charge in [-0.2, -0.15) is 0 Å². The second kappa shape index (κ2) is 10.8. The first-order valence-corrected chi connectivity index (χ1v) is 12.6. The van der Waals surface area contributed by atoms with Gasteiger partial charge in [0.1, 0.15) is 5.58 Å². The van der Waals surface area contributed by atoms with Crippen molar-refractivity contribution in [3.8, 4) is 22.5 Å². The molecule has 0 saturated carbocycles. The average molecular weight is 675 g/mol. The van der Waals surface area contributed by atoms with Crippen LogP contribution in [0.3, 0.4) is 0 Å². The third-order valence-corrected chi connectivity index (χ3v) is 7.02. The Morgan fingerprint density at radius 1 is 0.784 bits per heavy atom. The Bertz CT molecular complexity index is 1790. The molecule has 37 heavy (non-hydrogen) atoms. The molecule has 183 valence electrons. The maximum absolute atomic E-state index is 6.19. The smallest absolute Gasteiger partial charge is 0.121 e. The van der Waals surface area contributed by atoms with Crippen molar-refractivity contribution in [1.82, 2.24) is 9.97 Å². The molecule has 4 heterocycles. The molecule has 0 fully saturated rings. The normalized spacial score (nSPS) is 10.8. The molecular formula is C32H22IrN2OS-2. The number of aryl methyl sites for hydroxylation is 2. The fourth-order valence-corrected chi connectivity index (χ4v) is 5.23. The fourth-order valence-electron chi connectivity index (χ4n) is 4.29. The molecule has 4 aromatic heterocycles. The van der Waals surface area contributed by atoms with Gasteiger partial charge in [0.2, 0.25) is 0 Å². The predicted octanol–water partition coefficient (Wildman–Crippen LogP) is 8.83. The zero-order valence-corrected chi connectivity index (χ0v) is 23.5. The Morgan fingerprint density at radius 2 is 1.68 bits per heavy atom. The molecule has 0 aliphatic heterocycles. The standard InChI is InChI=1S/C20H12NOS.C12H10N.Ir/c1-12-9-13-10-18-16(11-19(13)23-12)14-5-4-6-15(20(14)22-18)17-7-2-3-8-21-17;1-10-7-8-12(13-9-10)11-5-3-2-4-6-11;/h2-5,7-11H,1H3;2-5,7-9H,1H3;/q2*-1;. The van der Waals surface area contributed by atoms with E-state index in [2.05, 4.69) is 59.4 Å². The Hall–Kier alpha value is -3.63. The van der Waals surface area contributed by atoms with Gasteiger partial charge in [-0.15, -0.1) is 65.4 Å². The van der Waals surface area contributed by atoms with Gasteiger partial charge in [0.05, 0.1) is 5.58 Å². The molecule has 5 heteroatoms. The van der Waals surface area contributed by atoms with E-state index < -0.39 is 0 Å². The summed E-state index contributed by atoms with van der Waals surface area (Å²) in [7, 11) is 0. The van der Waals surface area contributed by atoms with Crippen LogP contribution in [0.2, 0.25) is 0 Å². The zero-order valence-electron chi connectivity index (χ0n) is 20.3. The van der Waals surface area contributed by atoms with E-state index in [1.54, 1.807) is 6.20 Å². The van der Waals surface area contributed by atoms with Crippen molar-refractivity contribution < 1.29 is 24.5 Å². The Labute approximate surface area is 233 Å². The van der Waals surface area contributed by atoms with E-state index in [4.69, 9.17) is 4.42 Å². The SMILES string of the molecule is Cc1cc2cc3oc4c(-c5ccccn5)[c-]ccc4c3cc2s1.Cc1ccc(-c2[c-]cccc2)nc1.[Ir]. The van der Waals surface area contributed by atoms with Gasteiger partial charge in [-0.3, -0.25) is 0 Å². The summed E-state index contributed by atoms with van der Waals surface area (Å²) >= 11 is 1.82. The Morgan fingerprint density at radius 3 is 2.43 bits per heavy atom. The van der Waals surface area contributed by atoms with Crippen LogP contribution < -0.4 is 0 Å². The van der Waals surface area contributed by atoms with Crippen LogP contribution in [0.4, 0.5) is 0 Å². The van der Waals surface area contributed by atoms with Crippen molar-refractivity contribution in [1.29, 1.82) is 0 Å². The minimum atomic E-state index is 0. The first kappa shape index (κ1) is 25.0. The molecule has 7 rings (SSSR count). The van der Waals surface area contributed by atoms with Gasteiger partial charge in [-0.1, -0.05) is 35.2 Å². The van der Waals surface area contributed by atoms with Crippen LogP contribution in [0, 0.1) is 26.0 Å². The number of furan rings is 1. The van der Waals surface area contributed by atoms with E-state index in [0.717, 1.165) is 44.5 Å². The Kier molecular flexibility index (Phi) is 7.29. The first-order valence-electron chi connectivity index (χ1n) is 11.7. The van der Waals surface area contributed by atoms with Crippen LogP contribution >= 0.6 is 11.3 Å². The number of benzene rings is 3. The number of aromatic nitrogens is 2. The molecule has 1 radical (unpaired) electrons. The van der Waals surface area contributed by atoms with Crippen LogP contribution in [0.1, 0.15) is 10.4 Å². The van der Waals surface area contributed by atoms with Crippen molar-refractivity contribution in [3.63, 3.8) is 0 Å². The van der Waals surface area contributed by atoms with E-state index in [1.165, 1.54) is 20.5 Å². The van der Waals surface area contributed by atoms with Gasteiger partial charge in [0.25, 0.3) is 0 Å². The van der Waals surface area contributed by atoms with Gasteiger partial charge in [0, 0.05) is 47.5 Å². The van der Waals surface area contributed by atoms with Crippen LogP contribution in [-0.2, 0) is 20.1 Å². The molecule has 0 aliphatic carbocycles. The number of hydrogen-bond acceptors (Lipinski definition) is 4. The quantitative estimate of drug-likeness (QED) is 0.172. The molecule has 0 aliphatic rings. The van der Waals surface area contributed by atoms with Crippen molar-refractivity contribution in [2.24, 2.45) is 0 Å². The minimum Gasteiger partial charge on any atom is -0.501 e. The van der Waals surface area contributed by atoms with Crippen molar-refractivity contribution in [3.05, 3.63) is 120 Å². The molecule has 0 spiro atoms. The molecule has 0 unspecified atom stereocenters. The van der Waals surface area contributed by atoms with Crippen LogP contribution in [0.5, 0.6) is 0 Å². The number of rotatable bonds is 2. The number of hydrogen-bond donors (Lipinski definition) is 0. The molecule has 3 nitrogen and oxygen atoms in total. The molecule has 0 bridgehead atoms. The number of thiophene rings is 1. The van der Waals surface area contributed by atoms with Crippen molar-refractivity contribution >= 4 is 43.4 Å². The van der Waals surface area contributed by atoms with E-state index in [1.807, 2.05) is 79.1 Å². The van der Waals surface area contributed by atoms with Crippen LogP contribution in [0.25, 0.3) is 54.5 Å². The predicted molar refractivity (Wildman–Crippen MR) is 149 cm³/mol. The minimum absolute atomic E-state index is 0. The van der Waals surface area contributed by atoms with Crippen LogP contribution in [0.15, 0.2) is 102 Å². The van der Waals surface area contributed by atoms with Gasteiger partial charge >= 0.3 is 0 Å². The second-order valence-corrected chi connectivity index (χ2v) is 9.94. The summed E-state index contributed by atoms with van der Waals surface area (Å²) in [4.78, 5) is 10.1. The summed E-state index contributed by atoms with van der Waals surface area (Å²) in [5.74, 6) is 0. The summed E-state index contributed by atoms with van der Waals surface area (Å²) in [6.45, 7) is 4.17. The van der Waals surface area contributed by atoms with Crippen molar-refractivity contribution in [2.45, 2.75) is 13.8 Å². The molecule has 0 saturated heterocycles. The number of nitrogens with zero attached hydrogens (tertiary/aromatic N) is 2. The zero-order chi connectivity index (χ0) is 24.5. The molecular weight excluding hydrogens is 653 g/mol. The monoisotopic (exact) mass is 675 g/mol. The van der Waals surface area contributed by atoms with E-state index >= 15 is 0 Å². The fraction of sp³-hybridized carbons (Fsp3) is 0.0625. The first-order chi connectivity index (χ1) is 17.7. The van der Waals surface area contributed by atoms with E-state index in [9.17, 15) is 0 Å². The maximum Gasteiger partial charge on any atom is 0.121 e. The Balaban J connectivity index is 0.000000172. The molecule has 7 aromatic rings. The van der Waals surface area contributed by atoms with Crippen molar-refractivity contribution in [2.75, 3.05) is 0 Å². The third-order valence-electron chi connectivity index (χ3n) is 6.01. The summed E-state index contributed by atoms with van der Waals surface area (Å²) < 4.78 is 7.48. The maximum atomic E-state index is 6.19. The summed E-state index contributed by atoms with van der Waals surface area (Å²) in [6.07, 6.45) is 3.67. The molecule has 0 N–H and O–H groups in total. The average Bonchev–Trinajstić information content (AvgIpc) is 3.47. The molecule has 0 amide bonds. The molecule has 3 aromatic carbocycles. The summed E-state index contributed by atoms with van der Waals surface area (Å²) in [6, 6.07) is 34.8. The van der Waals surface area contributed by atoms with Gasteiger partial charge in [-0.25, -0.2) is 0 Å². The molecule has 0 atom stereocenters. The van der Waals surface area contributed by atoms with E-state index in [0.29, 0.717) is 0 Å². The van der Waals surface area contributed by atoms with Crippen LogP contribution in [-0.4, -0.2) is 9.97 Å². The largest absolute Gasteiger partial charge is 0.501 e. The third kappa shape index (κ3) is 5.12. The number of fused-ring (bicyclic) bond motifs is 4. The topological polar surface area (TPSA) is 38.9 Å². The summed E-state index contributed by atoms with van der Waals surface area (Å²) in [5, 5.41) is 3.51. The van der Waals surface area contributed by atoms with Gasteiger partial charge < -0.3 is 14.4 Å². The second-order valence-electron chi connectivity index (χ2n) is 8.65. The summed E-state index contributed by atoms with van der Waals surface area (Å²) in [5.41, 5.74) is 6.78.